The quantitative estimate of drug-likeness (QED) is 0.494. The third-order valence-electron chi connectivity index (χ3n) is 5.33. The number of rotatable bonds is 4. The zero-order valence-corrected chi connectivity index (χ0v) is 18.4. The third-order valence-corrected chi connectivity index (χ3v) is 7.06. The molecule has 1 saturated heterocycles. The second kappa shape index (κ2) is 7.99. The lowest BCUT2D eigenvalue weighted by molar-refractivity contribution is -0.119. The molecule has 0 saturated carbocycles. The minimum atomic E-state index is -5.55. The third kappa shape index (κ3) is 3.91. The fourth-order valence-corrected chi connectivity index (χ4v) is 4.49. The molecule has 33 heavy (non-hydrogen) atoms. The number of nitrogens with zero attached hydrogens (tertiary/aromatic N) is 3. The van der Waals surface area contributed by atoms with Crippen molar-refractivity contribution in [2.24, 2.45) is 0 Å². The number of fused-ring (bicyclic) bond motifs is 1. The average molecular weight is 498 g/mol. The van der Waals surface area contributed by atoms with Gasteiger partial charge in [-0.15, -0.1) is 0 Å². The summed E-state index contributed by atoms with van der Waals surface area (Å²) >= 11 is 6.08. The molecule has 1 aliphatic heterocycles. The molecule has 2 heterocycles. The van der Waals surface area contributed by atoms with Gasteiger partial charge in [-0.05, 0) is 61.0 Å². The maximum atomic E-state index is 13.1. The first-order valence-electron chi connectivity index (χ1n) is 9.51. The molecule has 7 nitrogen and oxygen atoms in total. The van der Waals surface area contributed by atoms with E-state index in [1.807, 2.05) is 0 Å². The van der Waals surface area contributed by atoms with E-state index in [-0.39, 0.29) is 12.2 Å². The summed E-state index contributed by atoms with van der Waals surface area (Å²) < 4.78 is 61.4. The van der Waals surface area contributed by atoms with Gasteiger partial charge in [0, 0.05) is 23.2 Å². The van der Waals surface area contributed by atoms with Crippen molar-refractivity contribution < 1.29 is 31.2 Å². The van der Waals surface area contributed by atoms with Crippen molar-refractivity contribution in [3.05, 3.63) is 65.3 Å². The van der Waals surface area contributed by atoms with Crippen LogP contribution in [0.4, 0.5) is 23.7 Å². The van der Waals surface area contributed by atoms with Gasteiger partial charge in [-0.25, -0.2) is 18.1 Å². The zero-order chi connectivity index (χ0) is 24.1. The molecule has 0 bridgehead atoms. The number of halogens is 4. The number of pyridine rings is 1. The van der Waals surface area contributed by atoms with E-state index in [1.165, 1.54) is 11.8 Å². The maximum absolute atomic E-state index is 13.1. The molecule has 4 rings (SSSR count). The summed E-state index contributed by atoms with van der Waals surface area (Å²) in [7, 11) is -5.55. The number of aromatic nitrogens is 1. The number of urea groups is 1. The summed E-state index contributed by atoms with van der Waals surface area (Å²) in [5, 5.41) is 1.18. The van der Waals surface area contributed by atoms with Crippen LogP contribution in [0.15, 0.2) is 59.6 Å². The Bertz CT molecular complexity index is 1380. The minimum Gasteiger partial charge on any atom is -0.308 e. The molecule has 1 aliphatic rings. The van der Waals surface area contributed by atoms with E-state index in [4.69, 9.17) is 11.6 Å². The van der Waals surface area contributed by atoms with Crippen LogP contribution in [-0.4, -0.2) is 41.8 Å². The van der Waals surface area contributed by atoms with Gasteiger partial charge in [0.15, 0.2) is 0 Å². The summed E-state index contributed by atoms with van der Waals surface area (Å²) in [5.41, 5.74) is -4.15. The molecule has 1 unspecified atom stereocenters. The van der Waals surface area contributed by atoms with Crippen LogP contribution in [0.2, 0.25) is 5.02 Å². The van der Waals surface area contributed by atoms with Crippen molar-refractivity contribution in [1.29, 1.82) is 0 Å². The topological polar surface area (TPSA) is 87.7 Å². The first-order chi connectivity index (χ1) is 15.4. The van der Waals surface area contributed by atoms with Crippen LogP contribution in [0.25, 0.3) is 10.9 Å². The average Bonchev–Trinajstić information content (AvgIpc) is 2.96. The second-order valence-corrected chi connectivity index (χ2v) is 9.71. The van der Waals surface area contributed by atoms with E-state index in [9.17, 15) is 31.2 Å². The monoisotopic (exact) mass is 497 g/mol. The Kier molecular flexibility index (Phi) is 5.57. The highest BCUT2D eigenvalue weighted by atomic mass is 35.5. The van der Waals surface area contributed by atoms with E-state index < -0.39 is 38.2 Å². The van der Waals surface area contributed by atoms with Crippen LogP contribution < -0.4 is 4.90 Å². The molecular formula is C21H15ClF3N3O4S. The summed E-state index contributed by atoms with van der Waals surface area (Å²) in [5.74, 6) is -0.595. The van der Waals surface area contributed by atoms with Crippen molar-refractivity contribution in [3.63, 3.8) is 0 Å². The molecule has 0 radical (unpaired) electrons. The predicted molar refractivity (Wildman–Crippen MR) is 114 cm³/mol. The van der Waals surface area contributed by atoms with Gasteiger partial charge in [0.1, 0.15) is 6.04 Å². The van der Waals surface area contributed by atoms with Gasteiger partial charge in [0.25, 0.3) is 15.7 Å². The predicted octanol–water partition coefficient (Wildman–Crippen LogP) is 4.54. The van der Waals surface area contributed by atoms with E-state index in [2.05, 4.69) is 4.98 Å². The number of benzene rings is 2. The van der Waals surface area contributed by atoms with Gasteiger partial charge in [-0.1, -0.05) is 11.6 Å². The van der Waals surface area contributed by atoms with E-state index in [1.54, 1.807) is 30.5 Å². The number of imide groups is 1. The van der Waals surface area contributed by atoms with Crippen LogP contribution in [0, 0.1) is 0 Å². The molecule has 0 spiro atoms. The number of hydrogen-bond donors (Lipinski definition) is 0. The molecular weight excluding hydrogens is 483 g/mol. The molecule has 1 fully saturated rings. The molecule has 1 aromatic heterocycles. The number of alkyl halides is 3. The molecule has 2 aromatic carbocycles. The lowest BCUT2D eigenvalue weighted by Crippen LogP contribution is -2.33. The number of sulfone groups is 1. The van der Waals surface area contributed by atoms with Crippen LogP contribution in [-0.2, 0) is 21.2 Å². The molecule has 12 heteroatoms. The lowest BCUT2D eigenvalue weighted by atomic mass is 10.1. The largest absolute Gasteiger partial charge is 0.501 e. The Hall–Kier alpha value is -3.18. The van der Waals surface area contributed by atoms with Gasteiger partial charge in [0.05, 0.1) is 16.1 Å². The molecule has 172 valence electrons. The van der Waals surface area contributed by atoms with Crippen LogP contribution >= 0.6 is 11.6 Å². The van der Waals surface area contributed by atoms with Crippen molar-refractivity contribution in [2.45, 2.75) is 29.9 Å². The van der Waals surface area contributed by atoms with Crippen LogP contribution in [0.5, 0.6) is 0 Å². The van der Waals surface area contributed by atoms with Gasteiger partial charge < -0.3 is 4.90 Å². The van der Waals surface area contributed by atoms with Gasteiger partial charge >= 0.3 is 11.5 Å². The lowest BCUT2D eigenvalue weighted by Gasteiger charge is -2.20. The summed E-state index contributed by atoms with van der Waals surface area (Å²) in [4.78, 5) is 31.3. The van der Waals surface area contributed by atoms with Crippen molar-refractivity contribution in [1.82, 2.24) is 9.88 Å². The highest BCUT2D eigenvalue weighted by Gasteiger charge is 2.47. The smallest absolute Gasteiger partial charge is 0.308 e. The van der Waals surface area contributed by atoms with E-state index in [0.29, 0.717) is 33.6 Å². The Balaban J connectivity index is 1.64. The highest BCUT2D eigenvalue weighted by molar-refractivity contribution is 7.92. The highest BCUT2D eigenvalue weighted by Crippen LogP contribution is 2.33. The molecule has 1 atom stereocenters. The zero-order valence-electron chi connectivity index (χ0n) is 16.9. The first-order valence-corrected chi connectivity index (χ1v) is 11.4. The number of hydrogen-bond acceptors (Lipinski definition) is 5. The second-order valence-electron chi connectivity index (χ2n) is 7.33. The normalized spacial score (nSPS) is 17.3. The van der Waals surface area contributed by atoms with E-state index in [0.717, 1.165) is 17.0 Å². The molecule has 3 aromatic rings. The van der Waals surface area contributed by atoms with Crippen molar-refractivity contribution >= 4 is 50.0 Å². The van der Waals surface area contributed by atoms with Crippen LogP contribution in [0.1, 0.15) is 12.5 Å². The fraction of sp³-hybridized carbons (Fsp3) is 0.190. The SMILES string of the molecule is CC1C(=O)N(c2ccc(S(=O)(=O)C(F)(F)F)cc2)C(=O)N1Cc1ccnc2ccc(Cl)cc12. The number of carbonyl (C=O) groups is 2. The van der Waals surface area contributed by atoms with Gasteiger partial charge in [-0.3, -0.25) is 9.78 Å². The number of amides is 3. The van der Waals surface area contributed by atoms with Crippen molar-refractivity contribution in [2.75, 3.05) is 4.90 Å². The van der Waals surface area contributed by atoms with Gasteiger partial charge in [0.2, 0.25) is 0 Å². The van der Waals surface area contributed by atoms with Gasteiger partial charge in [-0.2, -0.15) is 13.2 Å². The van der Waals surface area contributed by atoms with Crippen LogP contribution in [0.3, 0.4) is 0 Å². The van der Waals surface area contributed by atoms with E-state index >= 15 is 0 Å². The Morgan fingerprint density at radius 1 is 1.06 bits per heavy atom. The Morgan fingerprint density at radius 3 is 2.36 bits per heavy atom. The summed E-state index contributed by atoms with van der Waals surface area (Å²) in [6.07, 6.45) is 1.57. The standard InChI is InChI=1S/C21H15ClF3N3O4S/c1-12-19(29)28(15-3-5-16(6-4-15)33(31,32)21(23,24)25)20(30)27(12)11-13-8-9-26-18-7-2-14(22)10-17(13)18/h2-10,12H,11H2,1H3. The molecule has 0 N–H and O–H groups in total. The Morgan fingerprint density at radius 2 is 1.73 bits per heavy atom. The molecule has 3 amide bonds. The Labute approximate surface area is 191 Å². The number of carbonyl (C=O) groups excluding carboxylic acids is 2. The first kappa shape index (κ1) is 23.0. The molecule has 0 aliphatic carbocycles. The number of anilines is 1. The summed E-state index contributed by atoms with van der Waals surface area (Å²) in [6, 6.07) is 8.66. The van der Waals surface area contributed by atoms with Crippen molar-refractivity contribution in [3.8, 4) is 0 Å². The minimum absolute atomic E-state index is 0.0388. The fourth-order valence-electron chi connectivity index (χ4n) is 3.56. The summed E-state index contributed by atoms with van der Waals surface area (Å²) in [6.45, 7) is 1.58. The maximum Gasteiger partial charge on any atom is 0.501 e.